The molecule has 1 unspecified atom stereocenters. The lowest BCUT2D eigenvalue weighted by atomic mass is 9.77. The number of hydrogen-bond acceptors (Lipinski definition) is 5. The summed E-state index contributed by atoms with van der Waals surface area (Å²) in [4.78, 5) is 19.0. The molecule has 0 spiro atoms. The predicted octanol–water partition coefficient (Wildman–Crippen LogP) is 3.66. The zero-order valence-corrected chi connectivity index (χ0v) is 16.1. The second-order valence-electron chi connectivity index (χ2n) is 6.87. The van der Waals surface area contributed by atoms with Gasteiger partial charge in [0.05, 0.1) is 11.5 Å². The van der Waals surface area contributed by atoms with Crippen LogP contribution in [0, 0.1) is 16.5 Å². The molecule has 1 aliphatic rings. The van der Waals surface area contributed by atoms with E-state index in [1.165, 1.54) is 42.3 Å². The van der Waals surface area contributed by atoms with Crippen LogP contribution in [0.1, 0.15) is 41.3 Å². The number of rotatable bonds is 3. The quantitative estimate of drug-likeness (QED) is 0.845. The number of guanidine groups is 1. The second kappa shape index (κ2) is 6.63. The van der Waals surface area contributed by atoms with Crippen LogP contribution in [0.3, 0.4) is 0 Å². The van der Waals surface area contributed by atoms with Gasteiger partial charge >= 0.3 is 0 Å². The number of aliphatic imine (C=N–C) groups is 1. The van der Waals surface area contributed by atoms with Gasteiger partial charge in [-0.15, -0.1) is 11.3 Å². The highest BCUT2D eigenvalue weighted by atomic mass is 32.1. The molecule has 146 valence electrons. The molecule has 1 aliphatic heterocycles. The first-order valence-electron chi connectivity index (χ1n) is 8.30. The molecule has 1 aromatic heterocycles. The summed E-state index contributed by atoms with van der Waals surface area (Å²) in [6.45, 7) is 2.40. The number of carbonyl (C=O) groups excluding carboxylic acids is 1. The number of alkyl halides is 2. The van der Waals surface area contributed by atoms with E-state index in [9.17, 15) is 18.0 Å². The van der Waals surface area contributed by atoms with Gasteiger partial charge in [0.25, 0.3) is 5.92 Å². The molecule has 0 fully saturated rings. The van der Waals surface area contributed by atoms with Crippen LogP contribution >= 0.6 is 11.3 Å². The maximum absolute atomic E-state index is 14.1. The number of thiophene rings is 1. The number of nitriles is 1. The van der Waals surface area contributed by atoms with E-state index >= 15 is 0 Å². The van der Waals surface area contributed by atoms with Gasteiger partial charge in [0.2, 0.25) is 5.91 Å². The van der Waals surface area contributed by atoms with Crippen molar-refractivity contribution < 1.29 is 18.0 Å². The molecule has 9 heteroatoms. The van der Waals surface area contributed by atoms with Crippen LogP contribution in [0.4, 0.5) is 13.2 Å². The average molecular weight is 406 g/mol. The van der Waals surface area contributed by atoms with E-state index in [0.717, 1.165) is 6.92 Å². The molecule has 5 nitrogen and oxygen atoms in total. The highest BCUT2D eigenvalue weighted by Gasteiger charge is 2.48. The van der Waals surface area contributed by atoms with Gasteiger partial charge in [-0.1, -0.05) is 24.3 Å². The maximum atomic E-state index is 14.1. The molecule has 28 heavy (non-hydrogen) atoms. The van der Waals surface area contributed by atoms with Gasteiger partial charge in [0, 0.05) is 24.4 Å². The Hall–Kier alpha value is -2.86. The van der Waals surface area contributed by atoms with Crippen molar-refractivity contribution in [1.82, 2.24) is 4.90 Å². The number of benzene rings is 1. The first-order valence-corrected chi connectivity index (χ1v) is 9.11. The number of amides is 1. The molecule has 0 aliphatic carbocycles. The van der Waals surface area contributed by atoms with E-state index in [2.05, 4.69) is 4.99 Å². The number of halogens is 3. The van der Waals surface area contributed by atoms with E-state index in [4.69, 9.17) is 11.0 Å². The van der Waals surface area contributed by atoms with Crippen LogP contribution in [0.2, 0.25) is 0 Å². The van der Waals surface area contributed by atoms with Gasteiger partial charge in [-0.3, -0.25) is 9.69 Å². The Kier molecular flexibility index (Phi) is 4.71. The minimum absolute atomic E-state index is 0.0484. The van der Waals surface area contributed by atoms with Crippen molar-refractivity contribution in [3.63, 3.8) is 0 Å². The summed E-state index contributed by atoms with van der Waals surface area (Å²) in [6.07, 6.45) is 0. The third-order valence-corrected chi connectivity index (χ3v) is 6.04. The Bertz CT molecular complexity index is 1000. The van der Waals surface area contributed by atoms with Crippen molar-refractivity contribution in [2.24, 2.45) is 10.7 Å². The second-order valence-corrected chi connectivity index (χ2v) is 7.87. The van der Waals surface area contributed by atoms with Crippen LogP contribution in [-0.4, -0.2) is 23.8 Å². The van der Waals surface area contributed by atoms with Crippen LogP contribution in [0.15, 0.2) is 35.3 Å². The molecule has 2 N–H and O–H groups in total. The third-order valence-electron chi connectivity index (χ3n) is 4.89. The van der Waals surface area contributed by atoms with Crippen molar-refractivity contribution in [1.29, 1.82) is 5.26 Å². The van der Waals surface area contributed by atoms with Crippen LogP contribution < -0.4 is 5.73 Å². The molecule has 2 atom stereocenters. The predicted molar refractivity (Wildman–Crippen MR) is 99.5 cm³/mol. The average Bonchev–Trinajstić information content (AvgIpc) is 3.01. The van der Waals surface area contributed by atoms with Crippen LogP contribution in [0.25, 0.3) is 0 Å². The maximum Gasteiger partial charge on any atom is 0.270 e. The topological polar surface area (TPSA) is 82.5 Å². The molecule has 2 heterocycles. The Labute approximate surface area is 163 Å². The lowest BCUT2D eigenvalue weighted by Gasteiger charge is -2.40. The molecule has 0 bridgehead atoms. The number of nitrogens with zero attached hydrogens (tertiary/aromatic N) is 3. The fourth-order valence-corrected chi connectivity index (χ4v) is 4.21. The molecule has 0 saturated carbocycles. The molecule has 1 amide bonds. The fraction of sp³-hybridized carbons (Fsp3) is 0.316. The summed E-state index contributed by atoms with van der Waals surface area (Å²) in [5, 5.41) is 8.38. The van der Waals surface area contributed by atoms with E-state index < -0.39 is 28.4 Å². The third kappa shape index (κ3) is 3.14. The minimum Gasteiger partial charge on any atom is -0.369 e. The van der Waals surface area contributed by atoms with Gasteiger partial charge in [-0.05, 0) is 18.6 Å². The van der Waals surface area contributed by atoms with Crippen molar-refractivity contribution in [2.75, 3.05) is 7.05 Å². The lowest BCUT2D eigenvalue weighted by Crippen LogP contribution is -2.52. The Morgan fingerprint density at radius 1 is 1.36 bits per heavy atom. The fourth-order valence-electron chi connectivity index (χ4n) is 3.25. The van der Waals surface area contributed by atoms with E-state index in [-0.39, 0.29) is 17.1 Å². The standard InChI is InChI=1S/C19H17F3N4OS/c1-18(13-8-11(9-23)15(20)28-13)14(16(27)26(3)17(24)25-18)10-4-6-12(7-5-10)19(2,21)22/h4-8,14H,1-3H3,(H2,24,25)/t14?,18-/m1/s1. The normalized spacial score (nSPS) is 22.8. The summed E-state index contributed by atoms with van der Waals surface area (Å²) in [7, 11) is 1.46. The first kappa shape index (κ1) is 19.9. The zero-order valence-electron chi connectivity index (χ0n) is 15.3. The summed E-state index contributed by atoms with van der Waals surface area (Å²) >= 11 is 0.713. The summed E-state index contributed by atoms with van der Waals surface area (Å²) < 4.78 is 41.1. The number of carbonyl (C=O) groups is 1. The highest BCUT2D eigenvalue weighted by molar-refractivity contribution is 7.10. The van der Waals surface area contributed by atoms with Gasteiger partial charge in [0.1, 0.15) is 11.6 Å². The smallest absolute Gasteiger partial charge is 0.270 e. The van der Waals surface area contributed by atoms with Crippen LogP contribution in [0.5, 0.6) is 0 Å². The largest absolute Gasteiger partial charge is 0.369 e. The van der Waals surface area contributed by atoms with Gasteiger partial charge in [0.15, 0.2) is 11.1 Å². The van der Waals surface area contributed by atoms with Gasteiger partial charge in [-0.2, -0.15) is 9.65 Å². The van der Waals surface area contributed by atoms with Crippen molar-refractivity contribution >= 4 is 23.2 Å². The summed E-state index contributed by atoms with van der Waals surface area (Å²) in [6, 6.07) is 8.48. The molecule has 3 rings (SSSR count). The Morgan fingerprint density at radius 2 is 1.96 bits per heavy atom. The van der Waals surface area contributed by atoms with Gasteiger partial charge in [-0.25, -0.2) is 13.8 Å². The summed E-state index contributed by atoms with van der Waals surface area (Å²) in [5.41, 5.74) is 4.70. The molecular formula is C19H17F3N4OS. The minimum atomic E-state index is -3.02. The Morgan fingerprint density at radius 3 is 2.46 bits per heavy atom. The van der Waals surface area contributed by atoms with Crippen molar-refractivity contribution in [3.05, 3.63) is 57.0 Å². The molecule has 0 radical (unpaired) electrons. The number of nitrogens with two attached hydrogens (primary N) is 1. The number of likely N-dealkylation sites (N-methyl/N-ethyl adjacent to an activating group) is 1. The van der Waals surface area contributed by atoms with E-state index in [1.54, 1.807) is 13.0 Å². The molecule has 2 aromatic rings. The Balaban J connectivity index is 2.17. The van der Waals surface area contributed by atoms with E-state index in [1.807, 2.05) is 0 Å². The molecule has 1 aromatic carbocycles. The number of hydrogen-bond donors (Lipinski definition) is 1. The highest BCUT2D eigenvalue weighted by Crippen LogP contribution is 2.46. The van der Waals surface area contributed by atoms with E-state index in [0.29, 0.717) is 21.8 Å². The molecular weight excluding hydrogens is 389 g/mol. The monoisotopic (exact) mass is 406 g/mol. The summed E-state index contributed by atoms with van der Waals surface area (Å²) in [5.74, 6) is -4.39. The SMILES string of the molecule is CN1C(=O)C(c2ccc(C(C)(F)F)cc2)[C@@](C)(c2cc(C#N)c(F)s2)N=C1N. The van der Waals surface area contributed by atoms with Crippen LogP contribution in [-0.2, 0) is 16.3 Å². The lowest BCUT2D eigenvalue weighted by molar-refractivity contribution is -0.130. The first-order chi connectivity index (χ1) is 13.0. The van der Waals surface area contributed by atoms with Crippen molar-refractivity contribution in [3.8, 4) is 6.07 Å². The van der Waals surface area contributed by atoms with Gasteiger partial charge < -0.3 is 5.73 Å². The zero-order chi connectivity index (χ0) is 20.9. The van der Waals surface area contributed by atoms with Crippen molar-refractivity contribution in [2.45, 2.75) is 31.2 Å². The molecule has 0 saturated heterocycles.